The van der Waals surface area contributed by atoms with Gasteiger partial charge in [0.2, 0.25) is 0 Å². The van der Waals surface area contributed by atoms with Gasteiger partial charge in [-0.1, -0.05) is 24.3 Å². The molecule has 2 amide bonds. The van der Waals surface area contributed by atoms with Crippen LogP contribution in [-0.4, -0.2) is 30.9 Å². The van der Waals surface area contributed by atoms with E-state index < -0.39 is 17.8 Å². The van der Waals surface area contributed by atoms with Crippen molar-refractivity contribution in [2.75, 3.05) is 18.5 Å². The normalized spacial score (nSPS) is 10.6. The molecule has 7 nitrogen and oxygen atoms in total. The topological polar surface area (TPSA) is 85.9 Å². The Morgan fingerprint density at radius 1 is 0.926 bits per heavy atom. The summed E-state index contributed by atoms with van der Waals surface area (Å²) in [5, 5.41) is 5.24. The van der Waals surface area contributed by atoms with E-state index in [1.54, 1.807) is 69.3 Å². The number of para-hydroxylation sites is 1. The van der Waals surface area contributed by atoms with E-state index in [0.717, 1.165) is 0 Å². The summed E-state index contributed by atoms with van der Waals surface area (Å²) in [5.74, 6) is 1.03. The predicted octanol–water partition coefficient (Wildman–Crippen LogP) is 4.20. The van der Waals surface area contributed by atoms with Crippen LogP contribution in [0.1, 0.15) is 20.8 Å². The molecule has 0 saturated heterocycles. The Morgan fingerprint density at radius 2 is 1.63 bits per heavy atom. The number of hydrogen-bond acceptors (Lipinski definition) is 5. The van der Waals surface area contributed by atoms with E-state index in [9.17, 15) is 9.59 Å². The number of hydrogen-bond donors (Lipinski definition) is 2. The number of rotatable bonds is 6. The monoisotopic (exact) mass is 372 g/mol. The molecule has 0 aromatic heterocycles. The van der Waals surface area contributed by atoms with Gasteiger partial charge in [-0.05, 0) is 45.0 Å². The van der Waals surface area contributed by atoms with Crippen LogP contribution < -0.4 is 20.1 Å². The molecule has 0 atom stereocenters. The number of anilines is 1. The Balaban J connectivity index is 1.73. The lowest BCUT2D eigenvalue weighted by Crippen LogP contribution is -2.30. The van der Waals surface area contributed by atoms with E-state index in [4.69, 9.17) is 14.2 Å². The highest BCUT2D eigenvalue weighted by molar-refractivity contribution is 5.85. The summed E-state index contributed by atoms with van der Waals surface area (Å²) >= 11 is 0. The average Bonchev–Trinajstić information content (AvgIpc) is 2.58. The van der Waals surface area contributed by atoms with Crippen molar-refractivity contribution < 1.29 is 23.8 Å². The number of ether oxygens (including phenoxy) is 3. The van der Waals surface area contributed by atoms with Crippen LogP contribution >= 0.6 is 0 Å². The summed E-state index contributed by atoms with van der Waals surface area (Å²) in [7, 11) is 0. The standard InChI is InChI=1S/C20H24N2O5/c1-20(2,3)27-19(24)22-15-8-7-11-17(14-15)25-13-12-21-18(23)26-16-9-5-4-6-10-16/h4-11,14H,12-13H2,1-3H3,(H,21,23)(H,22,24). The van der Waals surface area contributed by atoms with Crippen LogP contribution in [0.25, 0.3) is 0 Å². The summed E-state index contributed by atoms with van der Waals surface area (Å²) in [4.78, 5) is 23.5. The summed E-state index contributed by atoms with van der Waals surface area (Å²) in [6.07, 6.45) is -1.09. The van der Waals surface area contributed by atoms with Crippen molar-refractivity contribution in [2.24, 2.45) is 0 Å². The molecule has 27 heavy (non-hydrogen) atoms. The quantitative estimate of drug-likeness (QED) is 0.742. The van der Waals surface area contributed by atoms with Crippen molar-refractivity contribution in [2.45, 2.75) is 26.4 Å². The van der Waals surface area contributed by atoms with Gasteiger partial charge in [0.05, 0.1) is 6.54 Å². The van der Waals surface area contributed by atoms with Crippen LogP contribution in [0.5, 0.6) is 11.5 Å². The molecule has 0 fully saturated rings. The second-order valence-corrected chi connectivity index (χ2v) is 6.63. The summed E-state index contributed by atoms with van der Waals surface area (Å²) in [6.45, 7) is 5.90. The van der Waals surface area contributed by atoms with Gasteiger partial charge >= 0.3 is 12.2 Å². The van der Waals surface area contributed by atoms with Crippen LogP contribution in [0.15, 0.2) is 54.6 Å². The highest BCUT2D eigenvalue weighted by atomic mass is 16.6. The van der Waals surface area contributed by atoms with Gasteiger partial charge in [0.25, 0.3) is 0 Å². The first kappa shape index (κ1) is 20.1. The van der Waals surface area contributed by atoms with Crippen LogP contribution in [0, 0.1) is 0 Å². The van der Waals surface area contributed by atoms with Gasteiger partial charge in [-0.3, -0.25) is 5.32 Å². The number of nitrogens with one attached hydrogen (secondary N) is 2. The van der Waals surface area contributed by atoms with Gasteiger partial charge in [0.15, 0.2) is 0 Å². The maximum atomic E-state index is 11.8. The highest BCUT2D eigenvalue weighted by Crippen LogP contribution is 2.18. The lowest BCUT2D eigenvalue weighted by atomic mass is 10.2. The maximum absolute atomic E-state index is 11.8. The van der Waals surface area contributed by atoms with Crippen molar-refractivity contribution in [1.82, 2.24) is 5.32 Å². The molecule has 2 aromatic rings. The second-order valence-electron chi connectivity index (χ2n) is 6.63. The zero-order valence-electron chi connectivity index (χ0n) is 15.7. The lowest BCUT2D eigenvalue weighted by Gasteiger charge is -2.19. The molecule has 0 saturated carbocycles. The van der Waals surface area contributed by atoms with Gasteiger partial charge < -0.3 is 19.5 Å². The van der Waals surface area contributed by atoms with Gasteiger partial charge in [-0.2, -0.15) is 0 Å². The smallest absolute Gasteiger partial charge is 0.412 e. The third kappa shape index (κ3) is 8.13. The molecule has 2 rings (SSSR count). The van der Waals surface area contributed by atoms with Crippen molar-refractivity contribution in [3.63, 3.8) is 0 Å². The first-order valence-corrected chi connectivity index (χ1v) is 8.55. The molecule has 2 N–H and O–H groups in total. The summed E-state index contributed by atoms with van der Waals surface area (Å²) < 4.78 is 15.9. The minimum absolute atomic E-state index is 0.250. The Labute approximate surface area is 158 Å². The Bertz CT molecular complexity index is 756. The SMILES string of the molecule is CC(C)(C)OC(=O)Nc1cccc(OCCNC(=O)Oc2ccccc2)c1. The zero-order chi connectivity index (χ0) is 19.7. The fourth-order valence-corrected chi connectivity index (χ4v) is 2.04. The Hall–Kier alpha value is -3.22. The number of amides is 2. The average molecular weight is 372 g/mol. The van der Waals surface area contributed by atoms with Crippen molar-refractivity contribution in [1.29, 1.82) is 0 Å². The first-order chi connectivity index (χ1) is 12.8. The van der Waals surface area contributed by atoms with E-state index in [2.05, 4.69) is 10.6 Å². The second kappa shape index (κ2) is 9.47. The summed E-state index contributed by atoms with van der Waals surface area (Å²) in [5.41, 5.74) is -0.0173. The highest BCUT2D eigenvalue weighted by Gasteiger charge is 2.16. The van der Waals surface area contributed by atoms with E-state index in [1.165, 1.54) is 0 Å². The van der Waals surface area contributed by atoms with E-state index in [-0.39, 0.29) is 13.2 Å². The van der Waals surface area contributed by atoms with Crippen LogP contribution in [0.2, 0.25) is 0 Å². The van der Waals surface area contributed by atoms with Gasteiger partial charge in [-0.15, -0.1) is 0 Å². The third-order valence-corrected chi connectivity index (χ3v) is 3.07. The molecular formula is C20H24N2O5. The zero-order valence-corrected chi connectivity index (χ0v) is 15.7. The molecule has 7 heteroatoms. The fraction of sp³-hybridized carbons (Fsp3) is 0.300. The number of carbonyl (C=O) groups is 2. The van der Waals surface area contributed by atoms with Crippen molar-refractivity contribution in [3.8, 4) is 11.5 Å². The molecule has 0 radical (unpaired) electrons. The van der Waals surface area contributed by atoms with E-state index >= 15 is 0 Å². The molecule has 0 aliphatic heterocycles. The van der Waals surface area contributed by atoms with Crippen molar-refractivity contribution in [3.05, 3.63) is 54.6 Å². The molecule has 144 valence electrons. The largest absolute Gasteiger partial charge is 0.492 e. The molecule has 0 heterocycles. The maximum Gasteiger partial charge on any atom is 0.412 e. The molecule has 0 aliphatic rings. The Kier molecular flexibility index (Phi) is 7.05. The van der Waals surface area contributed by atoms with E-state index in [0.29, 0.717) is 17.2 Å². The number of carbonyl (C=O) groups excluding carboxylic acids is 2. The van der Waals surface area contributed by atoms with Crippen molar-refractivity contribution >= 4 is 17.9 Å². The molecule has 2 aromatic carbocycles. The third-order valence-electron chi connectivity index (χ3n) is 3.07. The van der Waals surface area contributed by atoms with Crippen LogP contribution in [0.4, 0.5) is 15.3 Å². The Morgan fingerprint density at radius 3 is 2.33 bits per heavy atom. The molecule has 0 unspecified atom stereocenters. The van der Waals surface area contributed by atoms with Gasteiger partial charge in [0.1, 0.15) is 23.7 Å². The van der Waals surface area contributed by atoms with Crippen LogP contribution in [0.3, 0.4) is 0 Å². The predicted molar refractivity (Wildman–Crippen MR) is 102 cm³/mol. The van der Waals surface area contributed by atoms with E-state index in [1.807, 2.05) is 6.07 Å². The van der Waals surface area contributed by atoms with Gasteiger partial charge in [-0.25, -0.2) is 9.59 Å². The van der Waals surface area contributed by atoms with Gasteiger partial charge in [0, 0.05) is 11.8 Å². The number of benzene rings is 2. The van der Waals surface area contributed by atoms with Crippen LogP contribution in [-0.2, 0) is 4.74 Å². The minimum Gasteiger partial charge on any atom is -0.492 e. The minimum atomic E-state index is -0.571. The first-order valence-electron chi connectivity index (χ1n) is 8.55. The summed E-state index contributed by atoms with van der Waals surface area (Å²) in [6, 6.07) is 15.7. The molecule has 0 spiro atoms. The fourth-order valence-electron chi connectivity index (χ4n) is 2.04. The molecule has 0 aliphatic carbocycles. The molecule has 0 bridgehead atoms. The molecular weight excluding hydrogens is 348 g/mol. The lowest BCUT2D eigenvalue weighted by molar-refractivity contribution is 0.0636.